The highest BCUT2D eigenvalue weighted by atomic mass is 16.5. The quantitative estimate of drug-likeness (QED) is 0.240. The molecule has 0 aliphatic heterocycles. The molecule has 0 aliphatic rings. The van der Waals surface area contributed by atoms with Gasteiger partial charge < -0.3 is 4.74 Å². The van der Waals surface area contributed by atoms with Crippen LogP contribution in [-0.4, -0.2) is 7.11 Å². The zero-order chi connectivity index (χ0) is 24.5. The maximum absolute atomic E-state index is 5.93. The minimum atomic E-state index is -0.437. The van der Waals surface area contributed by atoms with E-state index in [1.54, 1.807) is 7.11 Å². The molecular formula is C34H32O. The van der Waals surface area contributed by atoms with Crippen molar-refractivity contribution in [3.63, 3.8) is 0 Å². The van der Waals surface area contributed by atoms with Crippen LogP contribution in [0.3, 0.4) is 0 Å². The van der Waals surface area contributed by atoms with Crippen LogP contribution in [0.5, 0.6) is 0 Å². The Morgan fingerprint density at radius 2 is 0.914 bits per heavy atom. The van der Waals surface area contributed by atoms with Crippen LogP contribution >= 0.6 is 0 Å². The predicted molar refractivity (Wildman–Crippen MR) is 153 cm³/mol. The fourth-order valence-corrected chi connectivity index (χ4v) is 4.04. The van der Waals surface area contributed by atoms with Gasteiger partial charge in [-0.25, -0.2) is 0 Å². The van der Waals surface area contributed by atoms with Crippen LogP contribution in [0.1, 0.15) is 52.8 Å². The van der Waals surface area contributed by atoms with Gasteiger partial charge in [0.1, 0.15) is 0 Å². The summed E-state index contributed by atoms with van der Waals surface area (Å²) in [6, 6.07) is 35.6. The average Bonchev–Trinajstić information content (AvgIpc) is 2.91. The van der Waals surface area contributed by atoms with Crippen molar-refractivity contribution >= 4 is 36.5 Å². The summed E-state index contributed by atoms with van der Waals surface area (Å²) in [5.74, 6) is 0. The molecule has 0 atom stereocenters. The second-order valence-electron chi connectivity index (χ2n) is 8.98. The van der Waals surface area contributed by atoms with Crippen molar-refractivity contribution in [1.82, 2.24) is 0 Å². The van der Waals surface area contributed by atoms with Crippen LogP contribution < -0.4 is 0 Å². The Bertz CT molecular complexity index is 1310. The summed E-state index contributed by atoms with van der Waals surface area (Å²) < 4.78 is 5.93. The molecule has 174 valence electrons. The van der Waals surface area contributed by atoms with Crippen LogP contribution in [-0.2, 0) is 10.3 Å². The van der Waals surface area contributed by atoms with Crippen molar-refractivity contribution in [1.29, 1.82) is 0 Å². The van der Waals surface area contributed by atoms with E-state index in [0.717, 1.165) is 27.8 Å². The van der Waals surface area contributed by atoms with Gasteiger partial charge in [-0.1, -0.05) is 140 Å². The first kappa shape index (κ1) is 24.2. The lowest BCUT2D eigenvalue weighted by molar-refractivity contribution is 0.0190. The standard InChI is InChI=1S/C34H32O/c1-34(2,35-3)33-26-23-30(22-19-27-13-7-4-8-14-27)31(24-20-28-15-9-5-10-16-28)32(33)25-21-29-17-11-6-12-18-29/h4-26H,1-3H3/b22-19+,24-20+,25-21+. The molecule has 0 amide bonds. The van der Waals surface area contributed by atoms with E-state index in [-0.39, 0.29) is 0 Å². The maximum atomic E-state index is 5.93. The summed E-state index contributed by atoms with van der Waals surface area (Å²) in [5.41, 5.74) is 7.69. The molecule has 0 fully saturated rings. The molecule has 0 saturated carbocycles. The Morgan fingerprint density at radius 3 is 1.37 bits per heavy atom. The van der Waals surface area contributed by atoms with E-state index in [9.17, 15) is 0 Å². The molecule has 0 heterocycles. The van der Waals surface area contributed by atoms with Crippen molar-refractivity contribution in [2.45, 2.75) is 19.4 Å². The van der Waals surface area contributed by atoms with Crippen molar-refractivity contribution in [3.05, 3.63) is 142 Å². The van der Waals surface area contributed by atoms with Crippen LogP contribution in [0.2, 0.25) is 0 Å². The molecule has 0 saturated heterocycles. The third-order valence-corrected chi connectivity index (χ3v) is 6.22. The van der Waals surface area contributed by atoms with Gasteiger partial charge in [0.05, 0.1) is 5.60 Å². The number of ether oxygens (including phenoxy) is 1. The fraction of sp³-hybridized carbons (Fsp3) is 0.118. The minimum absolute atomic E-state index is 0.437. The Kier molecular flexibility index (Phi) is 7.92. The lowest BCUT2D eigenvalue weighted by Gasteiger charge is -2.27. The first-order valence-corrected chi connectivity index (χ1v) is 12.0. The molecule has 0 aliphatic carbocycles. The van der Waals surface area contributed by atoms with Crippen LogP contribution in [0.4, 0.5) is 0 Å². The number of hydrogen-bond donors (Lipinski definition) is 0. The lowest BCUT2D eigenvalue weighted by atomic mass is 9.86. The van der Waals surface area contributed by atoms with Gasteiger partial charge >= 0.3 is 0 Å². The van der Waals surface area contributed by atoms with Crippen molar-refractivity contribution < 1.29 is 4.74 Å². The van der Waals surface area contributed by atoms with Gasteiger partial charge in [-0.3, -0.25) is 0 Å². The number of methoxy groups -OCH3 is 1. The molecule has 35 heavy (non-hydrogen) atoms. The second-order valence-corrected chi connectivity index (χ2v) is 8.98. The van der Waals surface area contributed by atoms with Crippen molar-refractivity contribution in [2.24, 2.45) is 0 Å². The average molecular weight is 457 g/mol. The first-order chi connectivity index (χ1) is 17.1. The van der Waals surface area contributed by atoms with Crippen LogP contribution in [0.15, 0.2) is 103 Å². The second kappa shape index (κ2) is 11.5. The molecule has 0 N–H and O–H groups in total. The van der Waals surface area contributed by atoms with Crippen LogP contribution in [0.25, 0.3) is 36.5 Å². The summed E-state index contributed by atoms with van der Waals surface area (Å²) in [5, 5.41) is 0. The smallest absolute Gasteiger partial charge is 0.0877 e. The molecule has 4 aromatic carbocycles. The van der Waals surface area contributed by atoms with E-state index in [1.807, 2.05) is 18.2 Å². The molecule has 4 rings (SSSR count). The van der Waals surface area contributed by atoms with Gasteiger partial charge in [-0.2, -0.15) is 0 Å². The Balaban J connectivity index is 1.89. The fourth-order valence-electron chi connectivity index (χ4n) is 4.04. The molecule has 1 heteroatoms. The topological polar surface area (TPSA) is 9.23 Å². The van der Waals surface area contributed by atoms with E-state index in [1.165, 1.54) is 11.1 Å². The van der Waals surface area contributed by atoms with Gasteiger partial charge in [0.2, 0.25) is 0 Å². The van der Waals surface area contributed by atoms with Gasteiger partial charge in [0, 0.05) is 7.11 Å². The first-order valence-electron chi connectivity index (χ1n) is 12.0. The van der Waals surface area contributed by atoms with Crippen molar-refractivity contribution in [2.75, 3.05) is 7.11 Å². The van der Waals surface area contributed by atoms with E-state index in [0.29, 0.717) is 0 Å². The molecular weight excluding hydrogens is 424 g/mol. The normalized spacial score (nSPS) is 12.2. The van der Waals surface area contributed by atoms with Gasteiger partial charge in [0.15, 0.2) is 0 Å². The molecule has 0 spiro atoms. The molecule has 1 nitrogen and oxygen atoms in total. The highest BCUT2D eigenvalue weighted by molar-refractivity contribution is 5.87. The number of hydrogen-bond acceptors (Lipinski definition) is 1. The summed E-state index contributed by atoms with van der Waals surface area (Å²) in [7, 11) is 1.77. The van der Waals surface area contributed by atoms with Crippen LogP contribution in [0, 0.1) is 0 Å². The Hall–Kier alpha value is -3.94. The van der Waals surface area contributed by atoms with Gasteiger partial charge in [-0.15, -0.1) is 0 Å². The highest BCUT2D eigenvalue weighted by Gasteiger charge is 2.24. The monoisotopic (exact) mass is 456 g/mol. The van der Waals surface area contributed by atoms with E-state index in [2.05, 4.69) is 135 Å². The van der Waals surface area contributed by atoms with E-state index in [4.69, 9.17) is 4.74 Å². The third kappa shape index (κ3) is 6.35. The molecule has 0 aromatic heterocycles. The summed E-state index contributed by atoms with van der Waals surface area (Å²) in [4.78, 5) is 0. The number of benzene rings is 4. The van der Waals surface area contributed by atoms with E-state index < -0.39 is 5.60 Å². The molecule has 0 radical (unpaired) electrons. The minimum Gasteiger partial charge on any atom is -0.374 e. The van der Waals surface area contributed by atoms with Gasteiger partial charge in [-0.05, 0) is 52.8 Å². The molecule has 0 unspecified atom stereocenters. The zero-order valence-electron chi connectivity index (χ0n) is 20.7. The Labute approximate surface area is 209 Å². The third-order valence-electron chi connectivity index (χ3n) is 6.22. The maximum Gasteiger partial charge on any atom is 0.0877 e. The summed E-state index contributed by atoms with van der Waals surface area (Å²) in [6.07, 6.45) is 13.2. The van der Waals surface area contributed by atoms with Gasteiger partial charge in [0.25, 0.3) is 0 Å². The van der Waals surface area contributed by atoms with Crippen molar-refractivity contribution in [3.8, 4) is 0 Å². The predicted octanol–water partition coefficient (Wildman–Crippen LogP) is 9.08. The summed E-state index contributed by atoms with van der Waals surface area (Å²) in [6.45, 7) is 4.23. The lowest BCUT2D eigenvalue weighted by Crippen LogP contribution is -2.21. The molecule has 0 bridgehead atoms. The number of rotatable bonds is 8. The largest absolute Gasteiger partial charge is 0.374 e. The van der Waals surface area contributed by atoms with E-state index >= 15 is 0 Å². The molecule has 4 aromatic rings. The summed E-state index contributed by atoms with van der Waals surface area (Å²) >= 11 is 0. The zero-order valence-corrected chi connectivity index (χ0v) is 20.7. The Morgan fingerprint density at radius 1 is 0.486 bits per heavy atom. The SMILES string of the molecule is COC(C)(C)c1ccc(/C=C/c2ccccc2)c(/C=C/c2ccccc2)c1/C=C/c1ccccc1. The highest BCUT2D eigenvalue weighted by Crippen LogP contribution is 2.34.